The van der Waals surface area contributed by atoms with Crippen LogP contribution in [0.4, 0.5) is 0 Å². The van der Waals surface area contributed by atoms with Crippen LogP contribution < -0.4 is 61.0 Å². The number of hydrogen-bond donors (Lipinski definition) is 13. The molecule has 19 N–H and O–H groups in total. The number of nitrogens with one attached hydrogen (secondary N) is 5. The van der Waals surface area contributed by atoms with Gasteiger partial charge in [0.05, 0.1) is 12.5 Å². The van der Waals surface area contributed by atoms with E-state index < -0.39 is 96.1 Å². The zero-order valence-corrected chi connectivity index (χ0v) is 34.7. The van der Waals surface area contributed by atoms with Crippen molar-refractivity contribution in [3.8, 4) is 0 Å². The molecule has 0 aromatic heterocycles. The molecule has 340 valence electrons. The van der Waals surface area contributed by atoms with Gasteiger partial charge in [-0.3, -0.25) is 43.5 Å². The Morgan fingerprint density at radius 3 is 1.65 bits per heavy atom. The average molecular weight is 855 g/mol. The third-order valence-electron chi connectivity index (χ3n) is 9.30. The van der Waals surface area contributed by atoms with E-state index >= 15 is 0 Å². The molecule has 1 heterocycles. The van der Waals surface area contributed by atoms with Gasteiger partial charge in [0.25, 0.3) is 0 Å². The maximum Gasteiger partial charge on any atom is 0.326 e. The fourth-order valence-electron chi connectivity index (χ4n) is 6.26. The molecule has 0 saturated carbocycles. The molecule has 24 heteroatoms. The summed E-state index contributed by atoms with van der Waals surface area (Å²) in [4.78, 5) is 113. The Hall–Kier alpha value is -5.78. The first-order valence-electron chi connectivity index (χ1n) is 20.0. The van der Waals surface area contributed by atoms with Crippen molar-refractivity contribution in [3.05, 3.63) is 0 Å². The number of likely N-dealkylation sites (tertiary alicyclic amines) is 1. The summed E-state index contributed by atoms with van der Waals surface area (Å²) in [7, 11) is 0. The first-order chi connectivity index (χ1) is 28.2. The molecule has 1 saturated heterocycles. The fourth-order valence-corrected chi connectivity index (χ4v) is 6.26. The van der Waals surface area contributed by atoms with Crippen molar-refractivity contribution in [2.45, 2.75) is 134 Å². The number of carboxylic acids is 2. The van der Waals surface area contributed by atoms with Crippen LogP contribution in [0.5, 0.6) is 0 Å². The molecule has 0 aliphatic carbocycles. The summed E-state index contributed by atoms with van der Waals surface area (Å²) in [6, 6.07) is -8.64. The molecule has 0 unspecified atom stereocenters. The number of unbranched alkanes of at least 4 members (excludes halogenated alkanes) is 1. The highest BCUT2D eigenvalue weighted by Crippen LogP contribution is 2.21. The fraction of sp³-hybridized carbons (Fsp3) is 0.722. The highest BCUT2D eigenvalue weighted by atomic mass is 16.4. The average Bonchev–Trinajstić information content (AvgIpc) is 3.65. The van der Waals surface area contributed by atoms with Gasteiger partial charge in [0.15, 0.2) is 11.9 Å². The van der Waals surface area contributed by atoms with Crippen molar-refractivity contribution < 1.29 is 48.6 Å². The summed E-state index contributed by atoms with van der Waals surface area (Å²) in [5, 5.41) is 31.3. The van der Waals surface area contributed by atoms with E-state index in [1.165, 1.54) is 11.8 Å². The monoisotopic (exact) mass is 855 g/mol. The number of aliphatic carboxylic acids is 2. The molecule has 1 aliphatic heterocycles. The lowest BCUT2D eigenvalue weighted by Crippen LogP contribution is -2.59. The molecule has 7 atom stereocenters. The maximum atomic E-state index is 14.2. The van der Waals surface area contributed by atoms with Gasteiger partial charge in [-0.15, -0.1) is 0 Å². The second-order valence-corrected chi connectivity index (χ2v) is 15.0. The van der Waals surface area contributed by atoms with Crippen molar-refractivity contribution in [2.75, 3.05) is 26.2 Å². The van der Waals surface area contributed by atoms with Gasteiger partial charge in [-0.25, -0.2) is 4.79 Å². The number of carbonyl (C=O) groups excluding carboxylic acids is 6. The van der Waals surface area contributed by atoms with E-state index in [-0.39, 0.29) is 89.0 Å². The van der Waals surface area contributed by atoms with E-state index in [1.807, 2.05) is 0 Å². The molecule has 6 amide bonds. The Morgan fingerprint density at radius 1 is 0.667 bits per heavy atom. The van der Waals surface area contributed by atoms with Crippen LogP contribution in [-0.2, 0) is 38.4 Å². The van der Waals surface area contributed by atoms with Gasteiger partial charge in [0, 0.05) is 19.6 Å². The smallest absolute Gasteiger partial charge is 0.326 e. The number of amides is 6. The highest BCUT2D eigenvalue weighted by molar-refractivity contribution is 5.97. The number of rotatable bonds is 28. The van der Waals surface area contributed by atoms with E-state index in [0.717, 1.165) is 0 Å². The number of nitrogens with two attached hydrogens (primary N) is 6. The van der Waals surface area contributed by atoms with Crippen LogP contribution in [0.2, 0.25) is 0 Å². The normalized spacial score (nSPS) is 16.5. The van der Waals surface area contributed by atoms with E-state index in [1.54, 1.807) is 13.8 Å². The minimum atomic E-state index is -1.76. The Kier molecular flexibility index (Phi) is 23.6. The molecular weight excluding hydrogens is 788 g/mol. The minimum absolute atomic E-state index is 0.0345. The van der Waals surface area contributed by atoms with E-state index in [2.05, 4.69) is 36.6 Å². The van der Waals surface area contributed by atoms with Gasteiger partial charge in [-0.2, -0.15) is 0 Å². The molecule has 0 radical (unpaired) electrons. The number of guanidine groups is 2. The summed E-state index contributed by atoms with van der Waals surface area (Å²) >= 11 is 0. The van der Waals surface area contributed by atoms with E-state index in [0.29, 0.717) is 19.3 Å². The van der Waals surface area contributed by atoms with Crippen molar-refractivity contribution >= 4 is 59.3 Å². The Balaban J connectivity index is 3.38. The zero-order chi connectivity index (χ0) is 45.5. The molecule has 60 heavy (non-hydrogen) atoms. The van der Waals surface area contributed by atoms with Gasteiger partial charge >= 0.3 is 11.9 Å². The number of nitrogens with zero attached hydrogens (tertiary/aromatic N) is 3. The molecule has 0 spiro atoms. The minimum Gasteiger partial charge on any atom is -0.481 e. The second kappa shape index (κ2) is 27.1. The summed E-state index contributed by atoms with van der Waals surface area (Å²) in [5.41, 5.74) is 33.1. The SMILES string of the molecule is CC(C)C[C@H](NC(=O)[C@H](CCCCN)NC(=O)[C@@H]1CCCN1C(=O)[C@H](CCCN=C(N)N)NC(=O)[C@H](CCCN=C(N)N)NC(=O)[C@H](C)N)C(=O)N[C@@H](CC(=O)O)C(=O)O. The zero-order valence-electron chi connectivity index (χ0n) is 34.7. The molecule has 1 fully saturated rings. The molecular formula is C36H66N14O10. The maximum absolute atomic E-state index is 14.2. The van der Waals surface area contributed by atoms with Gasteiger partial charge in [-0.1, -0.05) is 13.8 Å². The summed E-state index contributed by atoms with van der Waals surface area (Å²) in [6.45, 7) is 5.63. The van der Waals surface area contributed by atoms with Gasteiger partial charge in [0.2, 0.25) is 35.4 Å². The van der Waals surface area contributed by atoms with E-state index in [9.17, 15) is 43.5 Å². The van der Waals surface area contributed by atoms with Crippen molar-refractivity contribution in [1.82, 2.24) is 31.5 Å². The summed E-state index contributed by atoms with van der Waals surface area (Å²) in [6.07, 6.45) is 1.35. The lowest BCUT2D eigenvalue weighted by Gasteiger charge is -2.31. The van der Waals surface area contributed by atoms with Crippen LogP contribution in [0.3, 0.4) is 0 Å². The quantitative estimate of drug-likeness (QED) is 0.0201. The first kappa shape index (κ1) is 52.2. The molecule has 0 bridgehead atoms. The van der Waals surface area contributed by atoms with Gasteiger partial charge < -0.3 is 76.1 Å². The number of carboxylic acid groups (broad SMARTS) is 2. The first-order valence-corrected chi connectivity index (χ1v) is 20.0. The van der Waals surface area contributed by atoms with Crippen LogP contribution in [0.15, 0.2) is 9.98 Å². The Morgan fingerprint density at radius 2 is 1.15 bits per heavy atom. The standard InChI is InChI=1S/C36H66N14O10/c1-19(2)17-24(31(56)49-25(34(59)60)18-27(51)52)48-30(55)21(9-4-5-13-37)46-32(57)26-12-8-16-50(26)33(58)23(11-7-15-44-36(41)42)47-29(54)22(45-28(53)20(3)38)10-6-14-43-35(39)40/h19-26H,4-18,37-38H2,1-3H3,(H,45,53)(H,46,57)(H,47,54)(H,48,55)(H,49,56)(H,51,52)(H,59,60)(H4,39,40,43)(H4,41,42,44)/t20-,21-,22-,23-,24-,25-,26-/m0/s1. The lowest BCUT2D eigenvalue weighted by atomic mass is 10.0. The summed E-state index contributed by atoms with van der Waals surface area (Å²) < 4.78 is 0. The molecule has 0 aromatic carbocycles. The van der Waals surface area contributed by atoms with Crippen LogP contribution >= 0.6 is 0 Å². The molecule has 24 nitrogen and oxygen atoms in total. The summed E-state index contributed by atoms with van der Waals surface area (Å²) in [5.74, 6) is -7.87. The van der Waals surface area contributed by atoms with Crippen molar-refractivity contribution in [3.63, 3.8) is 0 Å². The van der Waals surface area contributed by atoms with Crippen LogP contribution in [0.25, 0.3) is 0 Å². The molecule has 0 aromatic rings. The third-order valence-corrected chi connectivity index (χ3v) is 9.30. The van der Waals surface area contributed by atoms with Gasteiger partial charge in [0.1, 0.15) is 36.3 Å². The van der Waals surface area contributed by atoms with Gasteiger partial charge in [-0.05, 0) is 83.6 Å². The van der Waals surface area contributed by atoms with E-state index in [4.69, 9.17) is 39.5 Å². The lowest BCUT2D eigenvalue weighted by molar-refractivity contribution is -0.147. The van der Waals surface area contributed by atoms with Crippen LogP contribution in [0.1, 0.15) is 91.4 Å². The Bertz CT molecular complexity index is 1530. The molecule has 1 aliphatic rings. The van der Waals surface area contributed by atoms with Crippen molar-refractivity contribution in [2.24, 2.45) is 50.3 Å². The number of hydrogen-bond acceptors (Lipinski definition) is 12. The predicted molar refractivity (Wildman–Crippen MR) is 220 cm³/mol. The topological polar surface area (TPSA) is 421 Å². The number of aliphatic imine (C=N–C) groups is 2. The Labute approximate surface area is 349 Å². The van der Waals surface area contributed by atoms with Crippen molar-refractivity contribution in [1.29, 1.82) is 0 Å². The molecule has 1 rings (SSSR count). The largest absolute Gasteiger partial charge is 0.481 e. The predicted octanol–water partition coefficient (Wildman–Crippen LogP) is -4.41. The second-order valence-electron chi connectivity index (χ2n) is 15.0. The van der Waals surface area contributed by atoms with Crippen LogP contribution in [0, 0.1) is 5.92 Å². The van der Waals surface area contributed by atoms with Crippen LogP contribution in [-0.4, -0.2) is 143 Å². The third kappa shape index (κ3) is 19.8. The highest BCUT2D eigenvalue weighted by Gasteiger charge is 2.40. The number of carbonyl (C=O) groups is 8.